The summed E-state index contributed by atoms with van der Waals surface area (Å²) >= 11 is 0. The highest BCUT2D eigenvalue weighted by Gasteiger charge is 2.26. The molecule has 1 heterocycles. The van der Waals surface area contributed by atoms with Crippen molar-refractivity contribution in [2.75, 3.05) is 59.0 Å². The van der Waals surface area contributed by atoms with Gasteiger partial charge < -0.3 is 24.8 Å². The van der Waals surface area contributed by atoms with Crippen molar-refractivity contribution in [3.63, 3.8) is 0 Å². The second kappa shape index (κ2) is 9.12. The summed E-state index contributed by atoms with van der Waals surface area (Å²) in [7, 11) is 4.81. The maximum Gasteiger partial charge on any atom is 0.203 e. The summed E-state index contributed by atoms with van der Waals surface area (Å²) in [5, 5.41) is 0. The Balaban J connectivity index is 1.76. The molecular weight excluding hydrogens is 361 g/mol. The first-order valence-corrected chi connectivity index (χ1v) is 9.35. The Labute approximate surface area is 165 Å². The Hall–Kier alpha value is -2.51. The van der Waals surface area contributed by atoms with Gasteiger partial charge in [0.2, 0.25) is 5.75 Å². The van der Waals surface area contributed by atoms with Gasteiger partial charge in [0.25, 0.3) is 0 Å². The number of nitrogens with zero attached hydrogens (tertiary/aromatic N) is 2. The van der Waals surface area contributed by atoms with Gasteiger partial charge in [-0.3, -0.25) is 4.90 Å². The normalized spacial score (nSPS) is 16.0. The number of hydrogen-bond donors (Lipinski definition) is 1. The number of rotatable bonds is 7. The van der Waals surface area contributed by atoms with Gasteiger partial charge in [0.15, 0.2) is 11.5 Å². The molecule has 0 aliphatic carbocycles. The third-order valence-corrected chi connectivity index (χ3v) is 5.24. The lowest BCUT2D eigenvalue weighted by atomic mass is 10.0. The second-order valence-electron chi connectivity index (χ2n) is 6.71. The number of methoxy groups -OCH3 is 3. The summed E-state index contributed by atoms with van der Waals surface area (Å²) in [6, 6.07) is 10.6. The van der Waals surface area contributed by atoms with E-state index in [-0.39, 0.29) is 11.9 Å². The van der Waals surface area contributed by atoms with Crippen LogP contribution < -0.4 is 24.8 Å². The van der Waals surface area contributed by atoms with Gasteiger partial charge in [0.05, 0.1) is 21.3 Å². The van der Waals surface area contributed by atoms with Crippen LogP contribution in [0.15, 0.2) is 36.4 Å². The molecule has 28 heavy (non-hydrogen) atoms. The first kappa shape index (κ1) is 20.2. The summed E-state index contributed by atoms with van der Waals surface area (Å²) in [6.45, 7) is 3.90. The first-order valence-electron chi connectivity index (χ1n) is 9.35. The zero-order chi connectivity index (χ0) is 20.1. The molecule has 0 saturated carbocycles. The standard InChI is InChI=1S/C21H28FN3O3/c1-26-19-12-15(13-20(27-2)21(19)28-3)18(14-23)25-10-8-24(9-11-25)17-6-4-16(22)5-7-17/h4-7,12-13,18H,8-11,14,23H2,1-3H3. The number of anilines is 1. The molecule has 2 aromatic carbocycles. The van der Waals surface area contributed by atoms with Crippen LogP contribution in [-0.2, 0) is 0 Å². The van der Waals surface area contributed by atoms with Crippen LogP contribution in [0.25, 0.3) is 0 Å². The molecular formula is C21H28FN3O3. The SMILES string of the molecule is COc1cc(C(CN)N2CCN(c3ccc(F)cc3)CC2)cc(OC)c1OC. The molecule has 3 rings (SSSR count). The second-order valence-corrected chi connectivity index (χ2v) is 6.71. The van der Waals surface area contributed by atoms with E-state index in [1.54, 1.807) is 21.3 Å². The van der Waals surface area contributed by atoms with Crippen molar-refractivity contribution in [2.24, 2.45) is 5.73 Å². The molecule has 1 fully saturated rings. The van der Waals surface area contributed by atoms with E-state index in [0.717, 1.165) is 37.4 Å². The highest BCUT2D eigenvalue weighted by molar-refractivity contribution is 5.54. The highest BCUT2D eigenvalue weighted by atomic mass is 19.1. The van der Waals surface area contributed by atoms with Crippen molar-refractivity contribution in [3.05, 3.63) is 47.8 Å². The molecule has 0 spiro atoms. The van der Waals surface area contributed by atoms with E-state index >= 15 is 0 Å². The van der Waals surface area contributed by atoms with Crippen molar-refractivity contribution in [1.82, 2.24) is 4.90 Å². The van der Waals surface area contributed by atoms with Gasteiger partial charge >= 0.3 is 0 Å². The van der Waals surface area contributed by atoms with Crippen LogP contribution >= 0.6 is 0 Å². The van der Waals surface area contributed by atoms with Crippen LogP contribution in [0.1, 0.15) is 11.6 Å². The van der Waals surface area contributed by atoms with E-state index in [1.165, 1.54) is 12.1 Å². The number of piperazine rings is 1. The average Bonchev–Trinajstić information content (AvgIpc) is 2.74. The Kier molecular flexibility index (Phi) is 6.59. The molecule has 2 N–H and O–H groups in total. The van der Waals surface area contributed by atoms with E-state index in [0.29, 0.717) is 23.8 Å². The maximum atomic E-state index is 13.2. The first-order chi connectivity index (χ1) is 13.6. The van der Waals surface area contributed by atoms with Gasteiger partial charge in [-0.25, -0.2) is 4.39 Å². The van der Waals surface area contributed by atoms with Crippen LogP contribution in [0.4, 0.5) is 10.1 Å². The van der Waals surface area contributed by atoms with Crippen LogP contribution in [0.3, 0.4) is 0 Å². The quantitative estimate of drug-likeness (QED) is 0.786. The number of nitrogens with two attached hydrogens (primary N) is 1. The van der Waals surface area contributed by atoms with Gasteiger partial charge in [-0.2, -0.15) is 0 Å². The number of ether oxygens (including phenoxy) is 3. The topological polar surface area (TPSA) is 60.2 Å². The molecule has 0 aromatic heterocycles. The van der Waals surface area contributed by atoms with Crippen molar-refractivity contribution in [3.8, 4) is 17.2 Å². The van der Waals surface area contributed by atoms with Crippen LogP contribution in [0.2, 0.25) is 0 Å². The third kappa shape index (κ3) is 4.15. The minimum Gasteiger partial charge on any atom is -0.493 e. The molecule has 0 amide bonds. The number of halogens is 1. The summed E-state index contributed by atoms with van der Waals surface area (Å²) in [4.78, 5) is 4.62. The average molecular weight is 389 g/mol. The fourth-order valence-electron chi connectivity index (χ4n) is 3.73. The molecule has 1 atom stereocenters. The fraction of sp³-hybridized carbons (Fsp3) is 0.429. The third-order valence-electron chi connectivity index (χ3n) is 5.24. The summed E-state index contributed by atoms with van der Waals surface area (Å²) < 4.78 is 29.5. The zero-order valence-electron chi connectivity index (χ0n) is 16.7. The minimum absolute atomic E-state index is 0.0454. The van der Waals surface area contributed by atoms with Crippen molar-refractivity contribution in [1.29, 1.82) is 0 Å². The molecule has 1 aliphatic heterocycles. The Bertz CT molecular complexity index is 752. The Morgan fingerprint density at radius 3 is 1.96 bits per heavy atom. The Morgan fingerprint density at radius 1 is 0.929 bits per heavy atom. The van der Waals surface area contributed by atoms with E-state index < -0.39 is 0 Å². The predicted octanol–water partition coefficient (Wildman–Crippen LogP) is 2.67. The molecule has 0 bridgehead atoms. The fourth-order valence-corrected chi connectivity index (χ4v) is 3.73. The van der Waals surface area contributed by atoms with Gasteiger partial charge in [0.1, 0.15) is 5.82 Å². The van der Waals surface area contributed by atoms with Crippen LogP contribution in [-0.4, -0.2) is 59.0 Å². The summed E-state index contributed by atoms with van der Waals surface area (Å²) in [5.41, 5.74) is 8.22. The van der Waals surface area contributed by atoms with Gasteiger partial charge in [0, 0.05) is 44.5 Å². The molecule has 2 aromatic rings. The molecule has 0 radical (unpaired) electrons. The van der Waals surface area contributed by atoms with Crippen LogP contribution in [0, 0.1) is 5.82 Å². The van der Waals surface area contributed by atoms with Crippen molar-refractivity contribution < 1.29 is 18.6 Å². The van der Waals surface area contributed by atoms with Crippen LogP contribution in [0.5, 0.6) is 17.2 Å². The summed E-state index contributed by atoms with van der Waals surface area (Å²) in [5.74, 6) is 1.61. The van der Waals surface area contributed by atoms with Gasteiger partial charge in [-0.15, -0.1) is 0 Å². The smallest absolute Gasteiger partial charge is 0.203 e. The zero-order valence-corrected chi connectivity index (χ0v) is 16.7. The summed E-state index contributed by atoms with van der Waals surface area (Å²) in [6.07, 6.45) is 0. The van der Waals surface area contributed by atoms with E-state index in [1.807, 2.05) is 24.3 Å². The monoisotopic (exact) mass is 389 g/mol. The number of benzene rings is 2. The highest BCUT2D eigenvalue weighted by Crippen LogP contribution is 2.40. The lowest BCUT2D eigenvalue weighted by molar-refractivity contribution is 0.189. The number of hydrogen-bond acceptors (Lipinski definition) is 6. The van der Waals surface area contributed by atoms with E-state index in [2.05, 4.69) is 9.80 Å². The molecule has 6 nitrogen and oxygen atoms in total. The van der Waals surface area contributed by atoms with Crippen molar-refractivity contribution >= 4 is 5.69 Å². The molecule has 7 heteroatoms. The maximum absolute atomic E-state index is 13.2. The minimum atomic E-state index is -0.215. The van der Waals surface area contributed by atoms with E-state index in [9.17, 15) is 4.39 Å². The van der Waals surface area contributed by atoms with Crippen molar-refractivity contribution in [2.45, 2.75) is 6.04 Å². The predicted molar refractivity (Wildman–Crippen MR) is 108 cm³/mol. The van der Waals surface area contributed by atoms with E-state index in [4.69, 9.17) is 19.9 Å². The lowest BCUT2D eigenvalue weighted by Crippen LogP contribution is -2.49. The molecule has 1 aliphatic rings. The largest absolute Gasteiger partial charge is 0.493 e. The van der Waals surface area contributed by atoms with Gasteiger partial charge in [-0.05, 0) is 42.0 Å². The molecule has 1 saturated heterocycles. The Morgan fingerprint density at radius 2 is 1.50 bits per heavy atom. The molecule has 152 valence electrons. The molecule has 1 unspecified atom stereocenters. The van der Waals surface area contributed by atoms with Gasteiger partial charge in [-0.1, -0.05) is 0 Å². The lowest BCUT2D eigenvalue weighted by Gasteiger charge is -2.40.